The van der Waals surface area contributed by atoms with Crippen LogP contribution in [-0.2, 0) is 0 Å². The van der Waals surface area contributed by atoms with Crippen molar-refractivity contribution < 1.29 is 19.8 Å². The van der Waals surface area contributed by atoms with E-state index in [1.807, 2.05) is 56.3 Å². The third-order valence-electron chi connectivity index (χ3n) is 8.29. The summed E-state index contributed by atoms with van der Waals surface area (Å²) >= 11 is 0. The van der Waals surface area contributed by atoms with E-state index in [2.05, 4.69) is 47.3 Å². The molecule has 9 heteroatoms. The number of nitrogens with two attached hydrogens (primary N) is 2. The predicted molar refractivity (Wildman–Crippen MR) is 217 cm³/mol. The standard InChI is InChI=1S/C34H30N4O4.C7H11N.C2H6/c1-3-20-18-27(31(39)29(35)25(20)4-2)33(41)37-23-14-16-24(17-15-23)38-34(42)28-19-21-10-8-9-13-26(21)30(32(28)40)36-22-11-6-5-7-12-22;8-7-5-3-1-2-4-6-7;1-2/h3-7,10-19,36,39-40H,1-2,8-9,35H2,(H,37,41)(H,38,42);3,5-6H,1-2,4,8H2;1-2H3. The van der Waals surface area contributed by atoms with Crippen LogP contribution in [0, 0.1) is 0 Å². The summed E-state index contributed by atoms with van der Waals surface area (Å²) in [6.07, 6.45) is 18.5. The molecule has 2 amide bonds. The lowest BCUT2D eigenvalue weighted by atomic mass is 9.99. The summed E-state index contributed by atoms with van der Waals surface area (Å²) in [7, 11) is 0. The molecule has 0 fully saturated rings. The molecule has 0 aliphatic heterocycles. The molecule has 0 atom stereocenters. The molecule has 268 valence electrons. The molecule has 0 saturated heterocycles. The normalized spacial score (nSPS) is 12.6. The lowest BCUT2D eigenvalue weighted by Gasteiger charge is -2.16. The third-order valence-corrected chi connectivity index (χ3v) is 8.29. The van der Waals surface area contributed by atoms with Gasteiger partial charge in [-0.2, -0.15) is 0 Å². The molecule has 0 saturated carbocycles. The number of nitrogens with one attached hydrogen (secondary N) is 3. The van der Waals surface area contributed by atoms with Crippen LogP contribution in [0.2, 0.25) is 0 Å². The highest BCUT2D eigenvalue weighted by Gasteiger charge is 2.20. The zero-order valence-electron chi connectivity index (χ0n) is 29.7. The van der Waals surface area contributed by atoms with Crippen LogP contribution >= 0.6 is 0 Å². The molecule has 0 spiro atoms. The van der Waals surface area contributed by atoms with Gasteiger partial charge in [-0.05, 0) is 97.5 Å². The molecule has 0 radical (unpaired) electrons. The van der Waals surface area contributed by atoms with Gasteiger partial charge in [-0.3, -0.25) is 9.59 Å². The summed E-state index contributed by atoms with van der Waals surface area (Å²) in [6, 6.07) is 19.1. The van der Waals surface area contributed by atoms with Crippen LogP contribution in [0.1, 0.15) is 77.8 Å². The number of phenols is 2. The van der Waals surface area contributed by atoms with Gasteiger partial charge in [-0.1, -0.05) is 81.7 Å². The average molecular weight is 698 g/mol. The van der Waals surface area contributed by atoms with E-state index in [0.29, 0.717) is 28.2 Å². The largest absolute Gasteiger partial charge is 0.505 e. The van der Waals surface area contributed by atoms with Crippen molar-refractivity contribution in [2.45, 2.75) is 46.0 Å². The number of para-hydroxylation sites is 1. The number of allylic oxidation sites excluding steroid dienone is 3. The van der Waals surface area contributed by atoms with Crippen LogP contribution < -0.4 is 37.9 Å². The van der Waals surface area contributed by atoms with E-state index in [1.165, 1.54) is 31.1 Å². The monoisotopic (exact) mass is 697 g/mol. The zero-order valence-corrected chi connectivity index (χ0v) is 29.7. The van der Waals surface area contributed by atoms with Gasteiger partial charge in [0, 0.05) is 33.5 Å². The Morgan fingerprint density at radius 2 is 1.35 bits per heavy atom. The maximum Gasteiger partial charge on any atom is 0.259 e. The Hall–Kier alpha value is -6.48. The van der Waals surface area contributed by atoms with Crippen molar-refractivity contribution >= 4 is 64.6 Å². The molecule has 2 aliphatic rings. The number of benzene rings is 4. The fourth-order valence-corrected chi connectivity index (χ4v) is 5.65. The second-order valence-corrected chi connectivity index (χ2v) is 11.7. The molecule has 0 unspecified atom stereocenters. The second-order valence-electron chi connectivity index (χ2n) is 11.7. The molecular weight excluding hydrogens is 651 g/mol. The average Bonchev–Trinajstić information content (AvgIpc) is 3.43. The van der Waals surface area contributed by atoms with E-state index < -0.39 is 11.8 Å². The Labute approximate surface area is 305 Å². The van der Waals surface area contributed by atoms with Crippen LogP contribution in [0.4, 0.5) is 28.4 Å². The van der Waals surface area contributed by atoms with E-state index in [4.69, 9.17) is 11.5 Å². The van der Waals surface area contributed by atoms with Crippen LogP contribution in [-0.4, -0.2) is 22.0 Å². The maximum atomic E-state index is 13.3. The number of hydrogen-bond acceptors (Lipinski definition) is 7. The maximum absolute atomic E-state index is 13.3. The van der Waals surface area contributed by atoms with Crippen molar-refractivity contribution in [1.29, 1.82) is 0 Å². The first-order valence-electron chi connectivity index (χ1n) is 17.3. The van der Waals surface area contributed by atoms with Crippen molar-refractivity contribution in [3.8, 4) is 11.5 Å². The van der Waals surface area contributed by atoms with Gasteiger partial charge in [0.2, 0.25) is 0 Å². The number of aromatic hydroxyl groups is 2. The van der Waals surface area contributed by atoms with Crippen molar-refractivity contribution in [1.82, 2.24) is 0 Å². The number of amides is 2. The topological polar surface area (TPSA) is 163 Å². The lowest BCUT2D eigenvalue weighted by molar-refractivity contribution is 0.101. The lowest BCUT2D eigenvalue weighted by Crippen LogP contribution is -2.31. The fraction of sp³-hybridized carbons (Fsp3) is 0.163. The highest BCUT2D eigenvalue weighted by Crippen LogP contribution is 2.34. The molecular formula is C43H47N5O4. The predicted octanol–water partition coefficient (Wildman–Crippen LogP) is 8.16. The summed E-state index contributed by atoms with van der Waals surface area (Å²) in [6.45, 7) is 11.4. The molecule has 9 nitrogen and oxygen atoms in total. The minimum absolute atomic E-state index is 0.0118. The molecule has 52 heavy (non-hydrogen) atoms. The van der Waals surface area contributed by atoms with Crippen LogP contribution in [0.15, 0.2) is 104 Å². The zero-order chi connectivity index (χ0) is 37.6. The third kappa shape index (κ3) is 9.39. The van der Waals surface area contributed by atoms with E-state index in [-0.39, 0.29) is 28.3 Å². The number of carbonyl (C=O) groups excluding carboxylic acids is 2. The van der Waals surface area contributed by atoms with Crippen molar-refractivity contribution in [3.63, 3.8) is 0 Å². The van der Waals surface area contributed by atoms with Gasteiger partial charge in [0.1, 0.15) is 0 Å². The summed E-state index contributed by atoms with van der Waals surface area (Å²) in [5, 5.41) is 32.2. The van der Waals surface area contributed by atoms with Crippen molar-refractivity contribution in [2.24, 2.45) is 5.73 Å². The van der Waals surface area contributed by atoms with E-state index in [0.717, 1.165) is 41.1 Å². The highest BCUT2D eigenvalue weighted by atomic mass is 16.3. The number of carbonyl (C=O) groups is 2. The summed E-state index contributed by atoms with van der Waals surface area (Å²) in [4.78, 5) is 26.2. The van der Waals surface area contributed by atoms with Gasteiger partial charge >= 0.3 is 0 Å². The molecule has 6 rings (SSSR count). The molecule has 0 heterocycles. The first-order valence-corrected chi connectivity index (χ1v) is 17.3. The van der Waals surface area contributed by atoms with E-state index in [9.17, 15) is 19.8 Å². The highest BCUT2D eigenvalue weighted by molar-refractivity contribution is 6.09. The number of fused-ring (bicyclic) bond motifs is 1. The Kier molecular flexibility index (Phi) is 13.6. The van der Waals surface area contributed by atoms with Gasteiger partial charge in [-0.15, -0.1) is 0 Å². The summed E-state index contributed by atoms with van der Waals surface area (Å²) in [5.74, 6) is -1.55. The molecule has 0 aromatic heterocycles. The van der Waals surface area contributed by atoms with Crippen LogP contribution in [0.5, 0.6) is 11.5 Å². The van der Waals surface area contributed by atoms with Gasteiger partial charge in [0.05, 0.1) is 22.5 Å². The van der Waals surface area contributed by atoms with E-state index in [1.54, 1.807) is 30.3 Å². The molecule has 4 aromatic rings. The number of nitrogen functional groups attached to an aromatic ring is 1. The second kappa shape index (κ2) is 18.5. The van der Waals surface area contributed by atoms with Gasteiger partial charge in [0.15, 0.2) is 11.5 Å². The Balaban J connectivity index is 0.000000528. The summed E-state index contributed by atoms with van der Waals surface area (Å²) in [5.41, 5.74) is 15.8. The van der Waals surface area contributed by atoms with Gasteiger partial charge < -0.3 is 37.6 Å². The Bertz CT molecular complexity index is 2120. The minimum Gasteiger partial charge on any atom is -0.505 e. The van der Waals surface area contributed by atoms with Gasteiger partial charge in [0.25, 0.3) is 11.8 Å². The molecule has 0 bridgehead atoms. The van der Waals surface area contributed by atoms with Crippen LogP contribution in [0.3, 0.4) is 0 Å². The number of anilines is 5. The van der Waals surface area contributed by atoms with Crippen molar-refractivity contribution in [3.05, 3.63) is 137 Å². The first-order chi connectivity index (χ1) is 25.2. The van der Waals surface area contributed by atoms with Crippen molar-refractivity contribution in [2.75, 3.05) is 21.7 Å². The van der Waals surface area contributed by atoms with Crippen LogP contribution in [0.25, 0.3) is 24.3 Å². The Morgan fingerprint density at radius 1 is 0.731 bits per heavy atom. The minimum atomic E-state index is -0.569. The Morgan fingerprint density at radius 3 is 1.96 bits per heavy atom. The van der Waals surface area contributed by atoms with Gasteiger partial charge in [-0.25, -0.2) is 0 Å². The fourth-order valence-electron chi connectivity index (χ4n) is 5.65. The molecule has 9 N–H and O–H groups in total. The number of rotatable bonds is 8. The smallest absolute Gasteiger partial charge is 0.259 e. The SMILES string of the molecule is C=Cc1cc(C(=O)Nc2ccc(NC(=O)c3cc4c(c(Nc5ccccc5)c3O)=CCCC=4)cc2)c(O)c(N)c1C=C.CC.NC1=CCCCC=C1. The quantitative estimate of drug-likeness (QED) is 0.0722. The van der Waals surface area contributed by atoms with E-state index >= 15 is 0 Å². The molecule has 4 aromatic carbocycles. The number of phenolic OH excluding ortho intramolecular Hbond substituents is 2. The molecule has 2 aliphatic carbocycles. The first kappa shape index (κ1) is 38.3. The number of hydrogen-bond donors (Lipinski definition) is 7. The summed E-state index contributed by atoms with van der Waals surface area (Å²) < 4.78 is 0.